The van der Waals surface area contributed by atoms with E-state index in [1.807, 2.05) is 43.3 Å². The highest BCUT2D eigenvalue weighted by Crippen LogP contribution is 2.28. The van der Waals surface area contributed by atoms with Gasteiger partial charge in [-0.3, -0.25) is 4.79 Å². The third-order valence-corrected chi connectivity index (χ3v) is 4.45. The Kier molecular flexibility index (Phi) is 3.66. The van der Waals surface area contributed by atoms with E-state index in [4.69, 9.17) is 10.2 Å². The van der Waals surface area contributed by atoms with E-state index < -0.39 is 0 Å². The molecule has 0 atom stereocenters. The van der Waals surface area contributed by atoms with E-state index in [1.165, 1.54) is 11.3 Å². The molecule has 1 aromatic carbocycles. The molecule has 108 valence electrons. The number of hydrogen-bond donors (Lipinski definition) is 1. The normalized spacial score (nSPS) is 10.9. The minimum Gasteiger partial charge on any atom is -0.467 e. The molecule has 3 rings (SSSR count). The number of carbonyl (C=O) groups excluding carboxylic acids is 1. The number of fused-ring (bicyclic) bond motifs is 1. The van der Waals surface area contributed by atoms with Crippen LogP contribution in [-0.2, 0) is 6.54 Å². The highest BCUT2D eigenvalue weighted by molar-refractivity contribution is 7.20. The zero-order chi connectivity index (χ0) is 14.8. The van der Waals surface area contributed by atoms with E-state index in [1.54, 1.807) is 11.2 Å². The summed E-state index contributed by atoms with van der Waals surface area (Å²) in [6.45, 7) is 3.08. The van der Waals surface area contributed by atoms with Gasteiger partial charge >= 0.3 is 0 Å². The van der Waals surface area contributed by atoms with E-state index in [2.05, 4.69) is 0 Å². The maximum atomic E-state index is 12.6. The molecule has 2 heterocycles. The van der Waals surface area contributed by atoms with E-state index in [0.717, 1.165) is 20.7 Å². The maximum Gasteiger partial charge on any atom is 0.264 e. The van der Waals surface area contributed by atoms with E-state index in [0.29, 0.717) is 18.8 Å². The number of hydrogen-bond acceptors (Lipinski definition) is 4. The first-order chi connectivity index (χ1) is 10.2. The van der Waals surface area contributed by atoms with Crippen molar-refractivity contribution < 1.29 is 9.21 Å². The van der Waals surface area contributed by atoms with Crippen LogP contribution in [0.1, 0.15) is 22.4 Å². The number of anilines is 1. The number of nitrogens with zero attached hydrogens (tertiary/aromatic N) is 1. The van der Waals surface area contributed by atoms with Crippen molar-refractivity contribution in [3.8, 4) is 0 Å². The Bertz CT molecular complexity index is 762. The summed E-state index contributed by atoms with van der Waals surface area (Å²) >= 11 is 1.49. The zero-order valence-electron chi connectivity index (χ0n) is 11.7. The summed E-state index contributed by atoms with van der Waals surface area (Å²) in [7, 11) is 0. The average Bonchev–Trinajstić information content (AvgIpc) is 3.12. The van der Waals surface area contributed by atoms with Crippen molar-refractivity contribution in [3.05, 3.63) is 53.3 Å². The van der Waals surface area contributed by atoms with E-state index in [-0.39, 0.29) is 5.91 Å². The molecule has 0 aliphatic heterocycles. The lowest BCUT2D eigenvalue weighted by atomic mass is 10.2. The van der Waals surface area contributed by atoms with E-state index >= 15 is 0 Å². The number of rotatable bonds is 4. The first-order valence-electron chi connectivity index (χ1n) is 6.78. The first-order valence-corrected chi connectivity index (χ1v) is 7.59. The van der Waals surface area contributed by atoms with Gasteiger partial charge in [-0.05, 0) is 48.7 Å². The van der Waals surface area contributed by atoms with Gasteiger partial charge in [-0.1, -0.05) is 0 Å². The van der Waals surface area contributed by atoms with Crippen LogP contribution in [0.25, 0.3) is 10.1 Å². The maximum absolute atomic E-state index is 12.6. The second kappa shape index (κ2) is 5.61. The summed E-state index contributed by atoms with van der Waals surface area (Å²) in [4.78, 5) is 15.1. The molecule has 5 heteroatoms. The molecule has 0 radical (unpaired) electrons. The highest BCUT2D eigenvalue weighted by Gasteiger charge is 2.18. The fourth-order valence-corrected chi connectivity index (χ4v) is 3.25. The van der Waals surface area contributed by atoms with Crippen molar-refractivity contribution in [2.24, 2.45) is 0 Å². The summed E-state index contributed by atoms with van der Waals surface area (Å²) in [5, 5.41) is 1.01. The van der Waals surface area contributed by atoms with Gasteiger partial charge < -0.3 is 15.1 Å². The number of carbonyl (C=O) groups is 1. The molecule has 0 saturated carbocycles. The number of thiophene rings is 1. The number of nitrogens with two attached hydrogens (primary N) is 1. The lowest BCUT2D eigenvalue weighted by Gasteiger charge is -2.18. The molecular formula is C16H16N2O2S. The zero-order valence-corrected chi connectivity index (χ0v) is 12.5. The molecule has 4 nitrogen and oxygen atoms in total. The standard InChI is InChI=1S/C16H16N2O2S/c1-2-18(10-13-4-3-7-20-13)16(19)15-9-11-8-12(17)5-6-14(11)21-15/h3-9H,2,10,17H2,1H3. The van der Waals surface area contributed by atoms with Gasteiger partial charge in [0.2, 0.25) is 0 Å². The summed E-state index contributed by atoms with van der Waals surface area (Å²) in [5.41, 5.74) is 6.49. The van der Waals surface area contributed by atoms with Crippen LogP contribution in [0.3, 0.4) is 0 Å². The molecule has 0 bridgehead atoms. The third-order valence-electron chi connectivity index (χ3n) is 3.35. The van der Waals surface area contributed by atoms with E-state index in [9.17, 15) is 4.79 Å². The average molecular weight is 300 g/mol. The van der Waals surface area contributed by atoms with Gasteiger partial charge in [0.15, 0.2) is 0 Å². The molecule has 0 saturated heterocycles. The van der Waals surface area contributed by atoms with Crippen LogP contribution in [0.4, 0.5) is 5.69 Å². The lowest BCUT2D eigenvalue weighted by Crippen LogP contribution is -2.29. The van der Waals surface area contributed by atoms with Crippen molar-refractivity contribution in [1.82, 2.24) is 4.90 Å². The van der Waals surface area contributed by atoms with Crippen LogP contribution in [0.2, 0.25) is 0 Å². The Morgan fingerprint density at radius 1 is 1.33 bits per heavy atom. The van der Waals surface area contributed by atoms with Crippen LogP contribution < -0.4 is 5.73 Å². The van der Waals surface area contributed by atoms with Crippen molar-refractivity contribution in [1.29, 1.82) is 0 Å². The second-order valence-electron chi connectivity index (χ2n) is 4.81. The fraction of sp³-hybridized carbons (Fsp3) is 0.188. The van der Waals surface area contributed by atoms with Gasteiger partial charge in [0, 0.05) is 16.9 Å². The Balaban J connectivity index is 1.87. The molecule has 2 aromatic heterocycles. The Hall–Kier alpha value is -2.27. The van der Waals surface area contributed by atoms with Crippen LogP contribution in [-0.4, -0.2) is 17.4 Å². The van der Waals surface area contributed by atoms with Gasteiger partial charge in [0.1, 0.15) is 5.76 Å². The van der Waals surface area contributed by atoms with Crippen molar-refractivity contribution in [2.75, 3.05) is 12.3 Å². The monoisotopic (exact) mass is 300 g/mol. The molecular weight excluding hydrogens is 284 g/mol. The van der Waals surface area contributed by atoms with Crippen LogP contribution in [0.15, 0.2) is 47.1 Å². The largest absolute Gasteiger partial charge is 0.467 e. The molecule has 0 fully saturated rings. The van der Waals surface area contributed by atoms with Crippen LogP contribution in [0, 0.1) is 0 Å². The minimum absolute atomic E-state index is 0.0219. The number of amides is 1. The van der Waals surface area contributed by atoms with Gasteiger partial charge in [0.25, 0.3) is 5.91 Å². The summed E-state index contributed by atoms with van der Waals surface area (Å²) in [6.07, 6.45) is 1.62. The molecule has 2 N–H and O–H groups in total. The highest BCUT2D eigenvalue weighted by atomic mass is 32.1. The number of furan rings is 1. The topological polar surface area (TPSA) is 59.5 Å². The Labute approximate surface area is 126 Å². The predicted octanol–water partition coefficient (Wildman–Crippen LogP) is 3.74. The van der Waals surface area contributed by atoms with Gasteiger partial charge in [0.05, 0.1) is 17.7 Å². The Morgan fingerprint density at radius 2 is 2.19 bits per heavy atom. The summed E-state index contributed by atoms with van der Waals surface area (Å²) in [6, 6.07) is 11.3. The fourth-order valence-electron chi connectivity index (χ4n) is 2.24. The molecule has 0 spiro atoms. The molecule has 3 aromatic rings. The SMILES string of the molecule is CCN(Cc1ccco1)C(=O)c1cc2cc(N)ccc2s1. The van der Waals surface area contributed by atoms with Crippen molar-refractivity contribution in [3.63, 3.8) is 0 Å². The molecule has 1 amide bonds. The van der Waals surface area contributed by atoms with Crippen molar-refractivity contribution >= 4 is 33.0 Å². The molecule has 0 aliphatic rings. The van der Waals surface area contributed by atoms with Gasteiger partial charge in [-0.15, -0.1) is 11.3 Å². The third kappa shape index (κ3) is 2.78. The summed E-state index contributed by atoms with van der Waals surface area (Å²) in [5.74, 6) is 0.809. The second-order valence-corrected chi connectivity index (χ2v) is 5.89. The van der Waals surface area contributed by atoms with Crippen molar-refractivity contribution in [2.45, 2.75) is 13.5 Å². The molecule has 21 heavy (non-hydrogen) atoms. The smallest absolute Gasteiger partial charge is 0.264 e. The van der Waals surface area contributed by atoms with Gasteiger partial charge in [-0.2, -0.15) is 0 Å². The quantitative estimate of drug-likeness (QED) is 0.747. The van der Waals surface area contributed by atoms with Gasteiger partial charge in [-0.25, -0.2) is 0 Å². The number of benzene rings is 1. The Morgan fingerprint density at radius 3 is 2.90 bits per heavy atom. The molecule has 0 aliphatic carbocycles. The minimum atomic E-state index is 0.0219. The first kappa shape index (κ1) is 13.7. The number of nitrogen functional groups attached to an aromatic ring is 1. The molecule has 0 unspecified atom stereocenters. The lowest BCUT2D eigenvalue weighted by molar-refractivity contribution is 0.0746. The van der Waals surface area contributed by atoms with Crippen LogP contribution >= 0.6 is 11.3 Å². The van der Waals surface area contributed by atoms with Crippen LogP contribution in [0.5, 0.6) is 0 Å². The summed E-state index contributed by atoms with van der Waals surface area (Å²) < 4.78 is 6.39. The predicted molar refractivity (Wildman–Crippen MR) is 85.4 cm³/mol.